The fraction of sp³-hybridized carbons (Fsp3) is 0.455. The van der Waals surface area contributed by atoms with E-state index >= 15 is 0 Å². The van der Waals surface area contributed by atoms with Crippen molar-refractivity contribution in [1.82, 2.24) is 0 Å². The Bertz CT molecular complexity index is 1150. The summed E-state index contributed by atoms with van der Waals surface area (Å²) >= 11 is 0. The Morgan fingerprint density at radius 3 is 1.44 bits per heavy atom. The van der Waals surface area contributed by atoms with Crippen LogP contribution in [0.5, 0.6) is 0 Å². The van der Waals surface area contributed by atoms with Crippen molar-refractivity contribution in [2.24, 2.45) is 0 Å². The summed E-state index contributed by atoms with van der Waals surface area (Å²) in [4.78, 5) is 0. The molecule has 0 saturated carbocycles. The van der Waals surface area contributed by atoms with Crippen molar-refractivity contribution >= 4 is 31.4 Å². The zero-order valence-corrected chi connectivity index (χ0v) is 19.6. The Hall–Kier alpha value is -2.14. The second-order valence-electron chi connectivity index (χ2n) is 8.55. The molecular weight excluding hydrogens is 452 g/mol. The van der Waals surface area contributed by atoms with E-state index in [4.69, 9.17) is 9.47 Å². The Morgan fingerprint density at radius 1 is 0.688 bits per heavy atom. The van der Waals surface area contributed by atoms with Crippen LogP contribution in [0.4, 0.5) is 11.4 Å². The maximum absolute atomic E-state index is 11.8. The first-order valence-electron chi connectivity index (χ1n) is 10.6. The first kappa shape index (κ1) is 21.7. The van der Waals surface area contributed by atoms with Crippen LogP contribution in [0.25, 0.3) is 0 Å². The molecule has 8 nitrogen and oxygen atoms in total. The van der Waals surface area contributed by atoms with E-state index in [0.717, 1.165) is 35.3 Å². The summed E-state index contributed by atoms with van der Waals surface area (Å²) in [5.41, 5.74) is 3.74. The molecule has 0 aliphatic carbocycles. The number of rotatable bonds is 2. The summed E-state index contributed by atoms with van der Waals surface area (Å²) in [5, 5.41) is 0. The number of hydrogen-bond acceptors (Lipinski definition) is 6. The largest absolute Gasteiger partial charge is 0.357 e. The van der Waals surface area contributed by atoms with E-state index in [0.29, 0.717) is 13.2 Å². The molecule has 2 aromatic carbocycles. The standard InChI is InChI=1S/2C11H13NO3S/c2*1-16(13,14)12-10-5-3-2-4-8(10)9-6-7-15-11(9)12/h2*2-5,9,11H,6-7H2,1H3/t2*9-,11-/m11/s1. The minimum atomic E-state index is -3.26. The monoisotopic (exact) mass is 478 g/mol. The van der Waals surface area contributed by atoms with Gasteiger partial charge >= 0.3 is 0 Å². The molecule has 2 aromatic rings. The summed E-state index contributed by atoms with van der Waals surface area (Å²) in [6.07, 6.45) is 3.60. The molecule has 32 heavy (non-hydrogen) atoms. The maximum Gasteiger partial charge on any atom is 0.234 e. The molecule has 4 aliphatic rings. The van der Waals surface area contributed by atoms with Crippen molar-refractivity contribution in [3.8, 4) is 0 Å². The summed E-state index contributed by atoms with van der Waals surface area (Å²) in [7, 11) is -6.52. The first-order chi connectivity index (χ1) is 15.2. The van der Waals surface area contributed by atoms with Crippen LogP contribution in [0.15, 0.2) is 48.5 Å². The SMILES string of the molecule is CS(=O)(=O)N1c2ccccc2[C@H]2CCO[C@H]21.CS(=O)(=O)N1c2ccccc2[C@H]2CCO[C@H]21. The third-order valence-corrected chi connectivity index (χ3v) is 8.69. The highest BCUT2D eigenvalue weighted by Gasteiger charge is 2.47. The van der Waals surface area contributed by atoms with Crippen LogP contribution in [0.2, 0.25) is 0 Å². The van der Waals surface area contributed by atoms with Gasteiger partial charge in [0.15, 0.2) is 12.5 Å². The molecule has 6 rings (SSSR count). The van der Waals surface area contributed by atoms with Crippen molar-refractivity contribution in [3.63, 3.8) is 0 Å². The quantitative estimate of drug-likeness (QED) is 0.659. The number of anilines is 2. The third kappa shape index (κ3) is 3.49. The number of sulfonamides is 2. The van der Waals surface area contributed by atoms with E-state index in [2.05, 4.69) is 0 Å². The van der Waals surface area contributed by atoms with Crippen LogP contribution < -0.4 is 8.61 Å². The van der Waals surface area contributed by atoms with E-state index in [1.807, 2.05) is 48.5 Å². The van der Waals surface area contributed by atoms with Crippen LogP contribution in [0, 0.1) is 0 Å². The van der Waals surface area contributed by atoms with Crippen molar-refractivity contribution in [1.29, 1.82) is 0 Å². The Labute approximate surface area is 188 Å². The van der Waals surface area contributed by atoms with Crippen molar-refractivity contribution in [2.75, 3.05) is 34.3 Å². The lowest BCUT2D eigenvalue weighted by Gasteiger charge is -2.23. The van der Waals surface area contributed by atoms with E-state index in [9.17, 15) is 16.8 Å². The van der Waals surface area contributed by atoms with Crippen molar-refractivity contribution in [2.45, 2.75) is 37.1 Å². The van der Waals surface area contributed by atoms with Gasteiger partial charge in [-0.2, -0.15) is 0 Å². The molecule has 10 heteroatoms. The summed E-state index contributed by atoms with van der Waals surface area (Å²) in [6, 6.07) is 15.3. The fourth-order valence-corrected chi connectivity index (χ4v) is 7.46. The molecule has 0 amide bonds. The lowest BCUT2D eigenvalue weighted by Crippen LogP contribution is -2.37. The second-order valence-corrected chi connectivity index (χ2v) is 12.3. The Morgan fingerprint density at radius 2 is 1.06 bits per heavy atom. The van der Waals surface area contributed by atoms with Gasteiger partial charge in [0.2, 0.25) is 20.0 Å². The van der Waals surface area contributed by atoms with Gasteiger partial charge in [-0.15, -0.1) is 0 Å². The average Bonchev–Trinajstić information content (AvgIpc) is 3.46. The highest BCUT2D eigenvalue weighted by Crippen LogP contribution is 2.48. The molecule has 2 fully saturated rings. The van der Waals surface area contributed by atoms with Crippen LogP contribution in [0.1, 0.15) is 35.8 Å². The molecule has 4 heterocycles. The van der Waals surface area contributed by atoms with Gasteiger partial charge in [-0.05, 0) is 36.1 Å². The molecule has 0 unspecified atom stereocenters. The molecule has 172 valence electrons. The molecule has 0 spiro atoms. The topological polar surface area (TPSA) is 93.2 Å². The van der Waals surface area contributed by atoms with Crippen LogP contribution >= 0.6 is 0 Å². The van der Waals surface area contributed by atoms with E-state index in [1.165, 1.54) is 21.1 Å². The Kier molecular flexibility index (Phi) is 5.23. The lowest BCUT2D eigenvalue weighted by atomic mass is 9.99. The van der Waals surface area contributed by atoms with Gasteiger partial charge in [0.05, 0.1) is 37.1 Å². The Balaban J connectivity index is 0.000000135. The first-order valence-corrected chi connectivity index (χ1v) is 14.3. The molecule has 4 atom stereocenters. The van der Waals surface area contributed by atoms with Gasteiger partial charge in [-0.1, -0.05) is 36.4 Å². The predicted octanol–water partition coefficient (Wildman–Crippen LogP) is 2.59. The molecular formula is C22H26N2O6S2. The van der Waals surface area contributed by atoms with Gasteiger partial charge in [0, 0.05) is 11.8 Å². The molecule has 2 saturated heterocycles. The molecule has 4 aliphatic heterocycles. The molecule has 0 N–H and O–H groups in total. The van der Waals surface area contributed by atoms with Gasteiger partial charge in [-0.25, -0.2) is 25.4 Å². The lowest BCUT2D eigenvalue weighted by molar-refractivity contribution is 0.118. The predicted molar refractivity (Wildman–Crippen MR) is 122 cm³/mol. The number of fused-ring (bicyclic) bond motifs is 6. The summed E-state index contributed by atoms with van der Waals surface area (Å²) in [6.45, 7) is 1.27. The number of ether oxygens (including phenoxy) is 2. The van der Waals surface area contributed by atoms with Crippen LogP contribution in [-0.4, -0.2) is 55.0 Å². The maximum atomic E-state index is 11.8. The van der Waals surface area contributed by atoms with Gasteiger partial charge in [0.1, 0.15) is 0 Å². The average molecular weight is 479 g/mol. The highest BCUT2D eigenvalue weighted by molar-refractivity contribution is 7.92. The van der Waals surface area contributed by atoms with Gasteiger partial charge in [-0.3, -0.25) is 0 Å². The van der Waals surface area contributed by atoms with Gasteiger partial charge < -0.3 is 9.47 Å². The molecule has 0 bridgehead atoms. The summed E-state index contributed by atoms with van der Waals surface area (Å²) in [5.74, 6) is 0.400. The number of para-hydroxylation sites is 2. The minimum absolute atomic E-state index is 0.200. The van der Waals surface area contributed by atoms with Gasteiger partial charge in [0.25, 0.3) is 0 Å². The van der Waals surface area contributed by atoms with Crippen LogP contribution in [0.3, 0.4) is 0 Å². The smallest absolute Gasteiger partial charge is 0.234 e. The number of benzene rings is 2. The minimum Gasteiger partial charge on any atom is -0.357 e. The zero-order valence-electron chi connectivity index (χ0n) is 17.9. The second kappa shape index (κ2) is 7.72. The molecule has 0 aromatic heterocycles. The van der Waals surface area contributed by atoms with Crippen LogP contribution in [-0.2, 0) is 29.5 Å². The third-order valence-electron chi connectivity index (χ3n) is 6.45. The normalized spacial score (nSPS) is 27.9. The van der Waals surface area contributed by atoms with Crippen molar-refractivity contribution in [3.05, 3.63) is 59.7 Å². The molecule has 0 radical (unpaired) electrons. The highest BCUT2D eigenvalue weighted by atomic mass is 32.2. The zero-order chi connectivity index (χ0) is 22.7. The van der Waals surface area contributed by atoms with E-state index < -0.39 is 20.0 Å². The van der Waals surface area contributed by atoms with E-state index in [1.54, 1.807) is 0 Å². The number of hydrogen-bond donors (Lipinski definition) is 0. The van der Waals surface area contributed by atoms with E-state index in [-0.39, 0.29) is 24.3 Å². The van der Waals surface area contributed by atoms with Crippen molar-refractivity contribution < 1.29 is 26.3 Å². The number of nitrogens with zero attached hydrogens (tertiary/aromatic N) is 2. The summed E-state index contributed by atoms with van der Waals surface area (Å²) < 4.78 is 61.1. The fourth-order valence-electron chi connectivity index (χ4n) is 5.24.